The van der Waals surface area contributed by atoms with Gasteiger partial charge in [-0.3, -0.25) is 0 Å². The molecule has 1 aliphatic carbocycles. The Hall–Kier alpha value is -2.19. The first-order valence-corrected chi connectivity index (χ1v) is 12.9. The van der Waals surface area contributed by atoms with Crippen LogP contribution in [0.25, 0.3) is 0 Å². The van der Waals surface area contributed by atoms with Gasteiger partial charge in [0.2, 0.25) is 0 Å². The smallest absolute Gasteiger partial charge is 0.175 e. The standard InChI is InChI=1S/C23H31N3O4S/c1-17-3-12-23(25-24-17)26-15-13-21(14-16-26)30-19-6-4-18(5-7-19)29-20-8-10-22(11-9-20)31(2,27)28/h3,8-12,18-19,21H,4-7,13-16H2,1-2H3/t18-,19-. The van der Waals surface area contributed by atoms with Crippen molar-refractivity contribution < 1.29 is 17.9 Å². The summed E-state index contributed by atoms with van der Waals surface area (Å²) in [4.78, 5) is 2.60. The van der Waals surface area contributed by atoms with Gasteiger partial charge < -0.3 is 14.4 Å². The van der Waals surface area contributed by atoms with Gasteiger partial charge in [0.25, 0.3) is 0 Å². The van der Waals surface area contributed by atoms with Gasteiger partial charge in [-0.1, -0.05) is 0 Å². The molecule has 2 aliphatic rings. The monoisotopic (exact) mass is 445 g/mol. The largest absolute Gasteiger partial charge is 0.490 e. The number of hydrogen-bond acceptors (Lipinski definition) is 7. The van der Waals surface area contributed by atoms with Crippen LogP contribution < -0.4 is 9.64 Å². The fourth-order valence-corrected chi connectivity index (χ4v) is 4.93. The van der Waals surface area contributed by atoms with Gasteiger partial charge in [-0.2, -0.15) is 5.10 Å². The summed E-state index contributed by atoms with van der Waals surface area (Å²) in [5.41, 5.74) is 0.937. The Morgan fingerprint density at radius 3 is 2.03 bits per heavy atom. The quantitative estimate of drug-likeness (QED) is 0.672. The topological polar surface area (TPSA) is 81.6 Å². The van der Waals surface area contributed by atoms with Gasteiger partial charge >= 0.3 is 0 Å². The second-order valence-corrected chi connectivity index (χ2v) is 10.6. The van der Waals surface area contributed by atoms with E-state index in [1.165, 1.54) is 6.26 Å². The Balaban J connectivity index is 1.19. The van der Waals surface area contributed by atoms with E-state index in [9.17, 15) is 8.42 Å². The average Bonchev–Trinajstić information content (AvgIpc) is 2.76. The Bertz CT molecular complexity index is 947. The number of anilines is 1. The molecule has 8 heteroatoms. The highest BCUT2D eigenvalue weighted by Crippen LogP contribution is 2.29. The van der Waals surface area contributed by atoms with E-state index in [2.05, 4.69) is 15.1 Å². The second kappa shape index (κ2) is 9.53. The van der Waals surface area contributed by atoms with Gasteiger partial charge in [-0.15, -0.1) is 5.10 Å². The first-order valence-electron chi connectivity index (χ1n) is 11.0. The third-order valence-electron chi connectivity index (χ3n) is 6.11. The van der Waals surface area contributed by atoms with Crippen molar-refractivity contribution in [2.24, 2.45) is 0 Å². The SMILES string of the molecule is Cc1ccc(N2CCC(O[C@H]3CC[C@H](Oc4ccc(S(C)(=O)=O)cc4)CC3)CC2)nn1. The number of sulfone groups is 1. The van der Waals surface area contributed by atoms with Gasteiger partial charge in [0.05, 0.1) is 28.9 Å². The second-order valence-electron chi connectivity index (χ2n) is 8.62. The lowest BCUT2D eigenvalue weighted by molar-refractivity contribution is -0.0528. The van der Waals surface area contributed by atoms with Crippen LogP contribution in [0.2, 0.25) is 0 Å². The summed E-state index contributed by atoms with van der Waals surface area (Å²) in [5, 5.41) is 8.45. The van der Waals surface area contributed by atoms with Gasteiger partial charge in [-0.05, 0) is 81.8 Å². The fourth-order valence-electron chi connectivity index (χ4n) is 4.30. The fraction of sp³-hybridized carbons (Fsp3) is 0.565. The number of piperidine rings is 1. The van der Waals surface area contributed by atoms with Crippen LogP contribution in [0, 0.1) is 6.92 Å². The highest BCUT2D eigenvalue weighted by molar-refractivity contribution is 7.90. The van der Waals surface area contributed by atoms with E-state index < -0.39 is 9.84 Å². The molecule has 2 fully saturated rings. The lowest BCUT2D eigenvalue weighted by Crippen LogP contribution is -2.40. The van der Waals surface area contributed by atoms with Crippen LogP contribution >= 0.6 is 0 Å². The van der Waals surface area contributed by atoms with Crippen LogP contribution in [0.3, 0.4) is 0 Å². The van der Waals surface area contributed by atoms with E-state index in [4.69, 9.17) is 9.47 Å². The summed E-state index contributed by atoms with van der Waals surface area (Å²) < 4.78 is 35.6. The number of nitrogens with zero attached hydrogens (tertiary/aromatic N) is 3. The molecule has 0 atom stereocenters. The van der Waals surface area contributed by atoms with Crippen LogP contribution in [0.1, 0.15) is 44.2 Å². The van der Waals surface area contributed by atoms with Gasteiger partial charge in [0, 0.05) is 19.3 Å². The number of hydrogen-bond donors (Lipinski definition) is 0. The number of benzene rings is 1. The maximum atomic E-state index is 11.6. The van der Waals surface area contributed by atoms with Crippen molar-refractivity contribution in [1.82, 2.24) is 10.2 Å². The highest BCUT2D eigenvalue weighted by Gasteiger charge is 2.28. The molecular weight excluding hydrogens is 414 g/mol. The third kappa shape index (κ3) is 5.95. The molecular formula is C23H31N3O4S. The zero-order valence-corrected chi connectivity index (χ0v) is 19.1. The van der Waals surface area contributed by atoms with Crippen molar-refractivity contribution in [2.45, 2.75) is 68.7 Å². The first kappa shape index (κ1) is 22.0. The number of rotatable bonds is 6. The van der Waals surface area contributed by atoms with Crippen LogP contribution in [0.4, 0.5) is 5.82 Å². The molecule has 0 N–H and O–H groups in total. The van der Waals surface area contributed by atoms with Crippen LogP contribution in [0.15, 0.2) is 41.3 Å². The van der Waals surface area contributed by atoms with E-state index >= 15 is 0 Å². The summed E-state index contributed by atoms with van der Waals surface area (Å²) >= 11 is 0. The summed E-state index contributed by atoms with van der Waals surface area (Å²) in [6.07, 6.45) is 7.90. The Kier molecular flexibility index (Phi) is 6.77. The molecule has 1 aromatic carbocycles. The molecule has 168 valence electrons. The Morgan fingerprint density at radius 2 is 1.45 bits per heavy atom. The molecule has 4 rings (SSSR count). The molecule has 1 aromatic heterocycles. The lowest BCUT2D eigenvalue weighted by atomic mass is 9.94. The predicted octanol–water partition coefficient (Wildman–Crippen LogP) is 3.56. The number of aromatic nitrogens is 2. The number of ether oxygens (including phenoxy) is 2. The van der Waals surface area contributed by atoms with Crippen molar-refractivity contribution in [3.8, 4) is 5.75 Å². The summed E-state index contributed by atoms with van der Waals surface area (Å²) in [7, 11) is -3.18. The van der Waals surface area contributed by atoms with Crippen molar-refractivity contribution in [3.63, 3.8) is 0 Å². The van der Waals surface area contributed by atoms with E-state index in [-0.39, 0.29) is 6.10 Å². The molecule has 0 amide bonds. The maximum Gasteiger partial charge on any atom is 0.175 e. The molecule has 1 saturated heterocycles. The van der Waals surface area contributed by atoms with Crippen molar-refractivity contribution >= 4 is 15.7 Å². The van der Waals surface area contributed by atoms with Gasteiger partial charge in [0.15, 0.2) is 15.7 Å². The molecule has 0 bridgehead atoms. The van der Waals surface area contributed by atoms with E-state index in [1.807, 2.05) is 19.1 Å². The summed E-state index contributed by atoms with van der Waals surface area (Å²) in [6.45, 7) is 3.85. The van der Waals surface area contributed by atoms with Gasteiger partial charge in [-0.25, -0.2) is 8.42 Å². The van der Waals surface area contributed by atoms with Crippen LogP contribution in [-0.4, -0.2) is 56.3 Å². The molecule has 0 spiro atoms. The minimum Gasteiger partial charge on any atom is -0.490 e. The summed E-state index contributed by atoms with van der Waals surface area (Å²) in [5.74, 6) is 1.68. The third-order valence-corrected chi connectivity index (χ3v) is 7.24. The van der Waals surface area contributed by atoms with E-state index in [1.54, 1.807) is 24.3 Å². The Labute approximate surface area is 184 Å². The van der Waals surface area contributed by atoms with E-state index in [0.29, 0.717) is 17.1 Å². The molecule has 7 nitrogen and oxygen atoms in total. The highest BCUT2D eigenvalue weighted by atomic mass is 32.2. The zero-order chi connectivity index (χ0) is 21.8. The van der Waals surface area contributed by atoms with Crippen molar-refractivity contribution in [1.29, 1.82) is 0 Å². The van der Waals surface area contributed by atoms with Crippen LogP contribution in [0.5, 0.6) is 5.75 Å². The molecule has 2 heterocycles. The number of aryl methyl sites for hydroxylation is 1. The first-order chi connectivity index (χ1) is 14.9. The Morgan fingerprint density at radius 1 is 0.839 bits per heavy atom. The van der Waals surface area contributed by atoms with E-state index in [0.717, 1.165) is 68.9 Å². The maximum absolute atomic E-state index is 11.6. The average molecular weight is 446 g/mol. The molecule has 0 radical (unpaired) electrons. The molecule has 0 unspecified atom stereocenters. The molecule has 1 aliphatic heterocycles. The van der Waals surface area contributed by atoms with Crippen molar-refractivity contribution in [3.05, 3.63) is 42.1 Å². The van der Waals surface area contributed by atoms with Crippen LogP contribution in [-0.2, 0) is 14.6 Å². The van der Waals surface area contributed by atoms with Crippen molar-refractivity contribution in [2.75, 3.05) is 24.2 Å². The molecule has 31 heavy (non-hydrogen) atoms. The minimum atomic E-state index is -3.18. The normalized spacial score (nSPS) is 23.0. The molecule has 2 aromatic rings. The zero-order valence-electron chi connectivity index (χ0n) is 18.2. The lowest BCUT2D eigenvalue weighted by Gasteiger charge is -2.36. The summed E-state index contributed by atoms with van der Waals surface area (Å²) in [6, 6.07) is 10.7. The predicted molar refractivity (Wildman–Crippen MR) is 119 cm³/mol. The molecule has 1 saturated carbocycles. The van der Waals surface area contributed by atoms with Gasteiger partial charge in [0.1, 0.15) is 5.75 Å². The minimum absolute atomic E-state index is 0.158.